The van der Waals surface area contributed by atoms with Crippen molar-refractivity contribution in [1.29, 1.82) is 0 Å². The predicted octanol–water partition coefficient (Wildman–Crippen LogP) is 4.54. The van der Waals surface area contributed by atoms with Gasteiger partial charge in [-0.2, -0.15) is 0 Å². The van der Waals surface area contributed by atoms with Gasteiger partial charge in [0.1, 0.15) is 0 Å². The highest BCUT2D eigenvalue weighted by Crippen LogP contribution is 2.30. The van der Waals surface area contributed by atoms with Gasteiger partial charge < -0.3 is 5.32 Å². The van der Waals surface area contributed by atoms with E-state index < -0.39 is 0 Å². The number of hydrogen-bond acceptors (Lipinski definition) is 1. The number of nitrogens with one attached hydrogen (secondary N) is 1. The third-order valence-electron chi connectivity index (χ3n) is 3.67. The highest BCUT2D eigenvalue weighted by atomic mass is 14.9. The van der Waals surface area contributed by atoms with Crippen LogP contribution >= 0.6 is 0 Å². The lowest BCUT2D eigenvalue weighted by molar-refractivity contribution is 0.546. The zero-order chi connectivity index (χ0) is 12.8. The molecule has 18 heavy (non-hydrogen) atoms. The van der Waals surface area contributed by atoms with Crippen molar-refractivity contribution in [3.05, 3.63) is 47.0 Å². The lowest BCUT2D eigenvalue weighted by atomic mass is 9.89. The Bertz CT molecular complexity index is 406. The maximum atomic E-state index is 3.71. The second-order valence-corrected chi connectivity index (χ2v) is 5.33. The molecule has 1 nitrogen and oxygen atoms in total. The fourth-order valence-electron chi connectivity index (χ4n) is 2.73. The van der Waals surface area contributed by atoms with Crippen LogP contribution < -0.4 is 5.32 Å². The second-order valence-electron chi connectivity index (χ2n) is 5.33. The minimum Gasteiger partial charge on any atom is -0.307 e. The molecule has 1 N–H and O–H groups in total. The molecule has 1 heteroatoms. The molecule has 1 unspecified atom stereocenters. The molecule has 0 amide bonds. The molecule has 0 fully saturated rings. The fraction of sp³-hybridized carbons (Fsp3) is 0.529. The van der Waals surface area contributed by atoms with Crippen molar-refractivity contribution in [2.24, 2.45) is 0 Å². The van der Waals surface area contributed by atoms with Crippen LogP contribution in [0, 0.1) is 6.92 Å². The third kappa shape index (κ3) is 3.46. The Morgan fingerprint density at radius 3 is 2.83 bits per heavy atom. The van der Waals surface area contributed by atoms with Crippen molar-refractivity contribution in [3.63, 3.8) is 0 Å². The van der Waals surface area contributed by atoms with Crippen molar-refractivity contribution >= 4 is 0 Å². The van der Waals surface area contributed by atoms with Gasteiger partial charge in [-0.05, 0) is 51.1 Å². The summed E-state index contributed by atoms with van der Waals surface area (Å²) in [6, 6.07) is 9.37. The van der Waals surface area contributed by atoms with Gasteiger partial charge in [-0.1, -0.05) is 48.4 Å². The van der Waals surface area contributed by atoms with E-state index in [-0.39, 0.29) is 0 Å². The standard InChI is InChI=1S/C17H25N/c1-3-12-18-17(15-9-5-4-6-10-15)16-11-7-8-14(2)13-16/h7-9,11,13,17-18H,3-6,10,12H2,1-2H3. The minimum absolute atomic E-state index is 0.435. The molecule has 1 aliphatic carbocycles. The minimum atomic E-state index is 0.435. The van der Waals surface area contributed by atoms with Crippen molar-refractivity contribution in [2.75, 3.05) is 6.54 Å². The molecular formula is C17H25N. The van der Waals surface area contributed by atoms with E-state index in [0.717, 1.165) is 6.54 Å². The van der Waals surface area contributed by atoms with Gasteiger partial charge in [0.2, 0.25) is 0 Å². The molecule has 0 aliphatic heterocycles. The molecule has 0 radical (unpaired) electrons. The maximum absolute atomic E-state index is 3.71. The summed E-state index contributed by atoms with van der Waals surface area (Å²) in [4.78, 5) is 0. The SMILES string of the molecule is CCCNC(C1=CCCCC1)c1cccc(C)c1. The van der Waals surface area contributed by atoms with E-state index in [0.29, 0.717) is 6.04 Å². The summed E-state index contributed by atoms with van der Waals surface area (Å²) in [7, 11) is 0. The van der Waals surface area contributed by atoms with Gasteiger partial charge in [0.25, 0.3) is 0 Å². The summed E-state index contributed by atoms with van der Waals surface area (Å²) in [5.41, 5.74) is 4.38. The molecule has 1 aromatic rings. The van der Waals surface area contributed by atoms with Crippen molar-refractivity contribution < 1.29 is 0 Å². The Kier molecular flexibility index (Phi) is 5.00. The molecule has 0 bridgehead atoms. The zero-order valence-electron chi connectivity index (χ0n) is 11.7. The monoisotopic (exact) mass is 243 g/mol. The highest BCUT2D eigenvalue weighted by molar-refractivity contribution is 5.32. The first-order valence-corrected chi connectivity index (χ1v) is 7.30. The van der Waals surface area contributed by atoms with Gasteiger partial charge >= 0.3 is 0 Å². The van der Waals surface area contributed by atoms with Crippen LogP contribution in [0.3, 0.4) is 0 Å². The fourth-order valence-corrected chi connectivity index (χ4v) is 2.73. The van der Waals surface area contributed by atoms with E-state index in [1.807, 2.05) is 0 Å². The van der Waals surface area contributed by atoms with E-state index in [2.05, 4.69) is 49.5 Å². The second kappa shape index (κ2) is 6.75. The van der Waals surface area contributed by atoms with Crippen molar-refractivity contribution in [1.82, 2.24) is 5.32 Å². The molecular weight excluding hydrogens is 218 g/mol. The normalized spacial score (nSPS) is 17.3. The number of allylic oxidation sites excluding steroid dienone is 1. The number of hydrogen-bond donors (Lipinski definition) is 1. The largest absolute Gasteiger partial charge is 0.307 e. The van der Waals surface area contributed by atoms with E-state index in [9.17, 15) is 0 Å². The van der Waals surface area contributed by atoms with Gasteiger partial charge in [0.15, 0.2) is 0 Å². The van der Waals surface area contributed by atoms with Gasteiger partial charge in [-0.25, -0.2) is 0 Å². The Hall–Kier alpha value is -1.08. The van der Waals surface area contributed by atoms with Crippen LogP contribution in [-0.2, 0) is 0 Å². The third-order valence-corrected chi connectivity index (χ3v) is 3.67. The molecule has 2 rings (SSSR count). The first kappa shape index (κ1) is 13.4. The Morgan fingerprint density at radius 2 is 2.17 bits per heavy atom. The van der Waals surface area contributed by atoms with Gasteiger partial charge in [-0.15, -0.1) is 0 Å². The summed E-state index contributed by atoms with van der Waals surface area (Å²) in [5, 5.41) is 3.71. The van der Waals surface area contributed by atoms with Crippen LogP contribution in [0.15, 0.2) is 35.9 Å². The predicted molar refractivity (Wildman–Crippen MR) is 78.8 cm³/mol. The van der Waals surface area contributed by atoms with Crippen LogP contribution in [0.25, 0.3) is 0 Å². The Balaban J connectivity index is 2.21. The van der Waals surface area contributed by atoms with Crippen LogP contribution in [-0.4, -0.2) is 6.54 Å². The van der Waals surface area contributed by atoms with E-state index in [1.165, 1.54) is 43.2 Å². The summed E-state index contributed by atoms with van der Waals surface area (Å²) in [6.45, 7) is 5.50. The first-order valence-electron chi connectivity index (χ1n) is 7.30. The molecule has 1 atom stereocenters. The van der Waals surface area contributed by atoms with Crippen molar-refractivity contribution in [3.8, 4) is 0 Å². The highest BCUT2D eigenvalue weighted by Gasteiger charge is 2.17. The van der Waals surface area contributed by atoms with Crippen LogP contribution in [0.5, 0.6) is 0 Å². The number of rotatable bonds is 5. The van der Waals surface area contributed by atoms with E-state index in [1.54, 1.807) is 5.57 Å². The van der Waals surface area contributed by atoms with Gasteiger partial charge in [0, 0.05) is 0 Å². The molecule has 0 spiro atoms. The Labute approximate surface area is 111 Å². The molecule has 0 heterocycles. The van der Waals surface area contributed by atoms with E-state index in [4.69, 9.17) is 0 Å². The lowest BCUT2D eigenvalue weighted by Gasteiger charge is -2.25. The lowest BCUT2D eigenvalue weighted by Crippen LogP contribution is -2.24. The number of benzene rings is 1. The smallest absolute Gasteiger partial charge is 0.0536 e. The molecule has 1 aliphatic rings. The van der Waals surface area contributed by atoms with Crippen LogP contribution in [0.4, 0.5) is 0 Å². The molecule has 0 aromatic heterocycles. The summed E-state index contributed by atoms with van der Waals surface area (Å²) < 4.78 is 0. The zero-order valence-corrected chi connectivity index (χ0v) is 11.7. The molecule has 1 aromatic carbocycles. The maximum Gasteiger partial charge on any atom is 0.0536 e. The van der Waals surface area contributed by atoms with Crippen LogP contribution in [0.2, 0.25) is 0 Å². The summed E-state index contributed by atoms with van der Waals surface area (Å²) in [6.07, 6.45) is 8.87. The first-order chi connectivity index (χ1) is 8.81. The van der Waals surface area contributed by atoms with Crippen molar-refractivity contribution in [2.45, 2.75) is 52.0 Å². The van der Waals surface area contributed by atoms with Crippen LogP contribution in [0.1, 0.15) is 56.2 Å². The molecule has 0 saturated heterocycles. The quantitative estimate of drug-likeness (QED) is 0.749. The topological polar surface area (TPSA) is 12.0 Å². The summed E-state index contributed by atoms with van der Waals surface area (Å²) in [5.74, 6) is 0. The van der Waals surface area contributed by atoms with E-state index >= 15 is 0 Å². The number of aryl methyl sites for hydroxylation is 1. The Morgan fingerprint density at radius 1 is 1.28 bits per heavy atom. The molecule has 98 valence electrons. The average Bonchev–Trinajstić information content (AvgIpc) is 2.40. The van der Waals surface area contributed by atoms with Gasteiger partial charge in [0.05, 0.1) is 6.04 Å². The van der Waals surface area contributed by atoms with Gasteiger partial charge in [-0.3, -0.25) is 0 Å². The summed E-state index contributed by atoms with van der Waals surface area (Å²) >= 11 is 0. The molecule has 0 saturated carbocycles. The average molecular weight is 243 g/mol.